The maximum Gasteiger partial charge on any atom is -0.0178 e. The first-order valence-corrected chi connectivity index (χ1v) is 6.96. The lowest BCUT2D eigenvalue weighted by molar-refractivity contribution is 1.37. The summed E-state index contributed by atoms with van der Waals surface area (Å²) >= 11 is 0. The minimum Gasteiger partial charge on any atom is -0.0616 e. The van der Waals surface area contributed by atoms with Gasteiger partial charge in [0.25, 0.3) is 0 Å². The lowest BCUT2D eigenvalue weighted by Crippen LogP contribution is -1.80. The van der Waals surface area contributed by atoms with Crippen molar-refractivity contribution in [3.63, 3.8) is 0 Å². The van der Waals surface area contributed by atoms with Gasteiger partial charge in [-0.1, -0.05) is 77.9 Å². The van der Waals surface area contributed by atoms with Gasteiger partial charge in [0.15, 0.2) is 0 Å². The first-order valence-electron chi connectivity index (χ1n) is 6.96. The summed E-state index contributed by atoms with van der Waals surface area (Å²) in [6.45, 7) is 4.28. The van der Waals surface area contributed by atoms with E-state index >= 15 is 0 Å². The molecule has 0 aromatic heterocycles. The molecule has 0 N–H and O–H groups in total. The van der Waals surface area contributed by atoms with Crippen LogP contribution in [0.3, 0.4) is 0 Å². The van der Waals surface area contributed by atoms with E-state index in [0.29, 0.717) is 0 Å². The summed E-state index contributed by atoms with van der Waals surface area (Å²) in [5.41, 5.74) is 5.12. The molecule has 0 nitrogen and oxygen atoms in total. The summed E-state index contributed by atoms with van der Waals surface area (Å²) in [4.78, 5) is 0. The fraction of sp³-hybridized carbons (Fsp3) is 0.100. The van der Waals surface area contributed by atoms with Crippen molar-refractivity contribution in [1.82, 2.24) is 0 Å². The number of aryl methyl sites for hydroxylation is 2. The summed E-state index contributed by atoms with van der Waals surface area (Å²) in [7, 11) is 0. The molecule has 0 unspecified atom stereocenters. The molecule has 0 aliphatic rings. The largest absolute Gasteiger partial charge is 0.0616 e. The van der Waals surface area contributed by atoms with Crippen LogP contribution in [0.2, 0.25) is 0 Å². The molecule has 0 aliphatic carbocycles. The molecule has 98 valence electrons. The Hall–Kier alpha value is -2.34. The predicted molar refractivity (Wildman–Crippen MR) is 88.8 cm³/mol. The van der Waals surface area contributed by atoms with E-state index in [2.05, 4.69) is 86.7 Å². The molecule has 0 spiro atoms. The van der Waals surface area contributed by atoms with Crippen LogP contribution in [0.4, 0.5) is 0 Å². The highest BCUT2D eigenvalue weighted by molar-refractivity contribution is 5.86. The first-order chi connectivity index (χ1) is 9.70. The second-order valence-electron chi connectivity index (χ2n) is 5.36. The van der Waals surface area contributed by atoms with Crippen LogP contribution < -0.4 is 0 Å². The van der Waals surface area contributed by atoms with Gasteiger partial charge < -0.3 is 0 Å². The van der Waals surface area contributed by atoms with Crippen LogP contribution in [0.1, 0.15) is 22.3 Å². The lowest BCUT2D eigenvalue weighted by atomic mass is 10.0. The molecule has 0 heteroatoms. The number of rotatable bonds is 2. The Labute approximate surface area is 120 Å². The third-order valence-electron chi connectivity index (χ3n) is 3.49. The Bertz CT molecular complexity index is 759. The second kappa shape index (κ2) is 5.34. The summed E-state index contributed by atoms with van der Waals surface area (Å²) in [5, 5.41) is 2.58. The van der Waals surface area contributed by atoms with Crippen LogP contribution in [0.5, 0.6) is 0 Å². The highest BCUT2D eigenvalue weighted by Gasteiger charge is 1.94. The van der Waals surface area contributed by atoms with Crippen LogP contribution in [-0.2, 0) is 0 Å². The Kier molecular flexibility index (Phi) is 3.39. The molecule has 0 saturated carbocycles. The van der Waals surface area contributed by atoms with Gasteiger partial charge in [-0.2, -0.15) is 0 Å². The normalized spacial score (nSPS) is 11.3. The van der Waals surface area contributed by atoms with Gasteiger partial charge in [0.05, 0.1) is 0 Å². The van der Waals surface area contributed by atoms with Crippen molar-refractivity contribution in [2.24, 2.45) is 0 Å². The summed E-state index contributed by atoms with van der Waals surface area (Å²) in [5.74, 6) is 0. The van der Waals surface area contributed by atoms with Crippen molar-refractivity contribution in [2.75, 3.05) is 0 Å². The standard InChI is InChI=1S/C20H18/c1-15-11-16(2)13-18(12-15)8-7-17-9-10-19-5-3-4-6-20(19)14-17/h3-14H,1-2H3/b8-7-. The van der Waals surface area contributed by atoms with Gasteiger partial charge in [0, 0.05) is 0 Å². The summed E-state index contributed by atoms with van der Waals surface area (Å²) in [6.07, 6.45) is 4.37. The monoisotopic (exact) mass is 258 g/mol. The molecule has 3 aromatic carbocycles. The maximum atomic E-state index is 2.23. The van der Waals surface area contributed by atoms with Crippen LogP contribution in [0.15, 0.2) is 60.7 Å². The fourth-order valence-corrected chi connectivity index (χ4v) is 2.61. The Morgan fingerprint density at radius 1 is 0.600 bits per heavy atom. The molecular weight excluding hydrogens is 240 g/mol. The Morgan fingerprint density at radius 2 is 1.25 bits per heavy atom. The van der Waals surface area contributed by atoms with Crippen LogP contribution in [0.25, 0.3) is 22.9 Å². The van der Waals surface area contributed by atoms with Crippen molar-refractivity contribution in [3.8, 4) is 0 Å². The van der Waals surface area contributed by atoms with Crippen molar-refractivity contribution >= 4 is 22.9 Å². The van der Waals surface area contributed by atoms with E-state index in [1.165, 1.54) is 33.0 Å². The molecule has 0 heterocycles. The van der Waals surface area contributed by atoms with Gasteiger partial charge in [0.2, 0.25) is 0 Å². The number of benzene rings is 3. The second-order valence-corrected chi connectivity index (χ2v) is 5.36. The van der Waals surface area contributed by atoms with Crippen LogP contribution >= 0.6 is 0 Å². The third kappa shape index (κ3) is 2.80. The highest BCUT2D eigenvalue weighted by Crippen LogP contribution is 2.18. The van der Waals surface area contributed by atoms with Crippen molar-refractivity contribution in [1.29, 1.82) is 0 Å². The van der Waals surface area contributed by atoms with Gasteiger partial charge >= 0.3 is 0 Å². The van der Waals surface area contributed by atoms with E-state index in [1.807, 2.05) is 0 Å². The fourth-order valence-electron chi connectivity index (χ4n) is 2.61. The van der Waals surface area contributed by atoms with E-state index in [9.17, 15) is 0 Å². The maximum absolute atomic E-state index is 2.23. The molecule has 0 atom stereocenters. The predicted octanol–water partition coefficient (Wildman–Crippen LogP) is 5.63. The molecule has 0 amide bonds. The van der Waals surface area contributed by atoms with Gasteiger partial charge in [-0.3, -0.25) is 0 Å². The van der Waals surface area contributed by atoms with Gasteiger partial charge in [0.1, 0.15) is 0 Å². The summed E-state index contributed by atoms with van der Waals surface area (Å²) < 4.78 is 0. The number of hydrogen-bond acceptors (Lipinski definition) is 0. The average Bonchev–Trinajstić information content (AvgIpc) is 2.44. The molecule has 0 bridgehead atoms. The van der Waals surface area contributed by atoms with E-state index in [0.717, 1.165) is 0 Å². The first kappa shape index (κ1) is 12.7. The highest BCUT2D eigenvalue weighted by atomic mass is 14.0. The molecule has 0 fully saturated rings. The average molecular weight is 258 g/mol. The smallest absolute Gasteiger partial charge is 0.0178 e. The minimum atomic E-state index is 1.24. The van der Waals surface area contributed by atoms with Gasteiger partial charge in [-0.05, 0) is 41.8 Å². The SMILES string of the molecule is Cc1cc(C)cc(/C=C\c2ccc3ccccc3c2)c1. The van der Waals surface area contributed by atoms with E-state index in [-0.39, 0.29) is 0 Å². The summed E-state index contributed by atoms with van der Waals surface area (Å²) in [6, 6.07) is 21.7. The minimum absolute atomic E-state index is 1.24. The van der Waals surface area contributed by atoms with Crippen LogP contribution in [0, 0.1) is 13.8 Å². The molecule has 0 saturated heterocycles. The number of fused-ring (bicyclic) bond motifs is 1. The lowest BCUT2D eigenvalue weighted by Gasteiger charge is -2.01. The quantitative estimate of drug-likeness (QED) is 0.523. The topological polar surface area (TPSA) is 0 Å². The van der Waals surface area contributed by atoms with Crippen molar-refractivity contribution in [3.05, 3.63) is 82.9 Å². The Morgan fingerprint density at radius 3 is 2.00 bits per heavy atom. The Balaban J connectivity index is 1.93. The van der Waals surface area contributed by atoms with Crippen LogP contribution in [-0.4, -0.2) is 0 Å². The third-order valence-corrected chi connectivity index (χ3v) is 3.49. The zero-order chi connectivity index (χ0) is 13.9. The molecule has 20 heavy (non-hydrogen) atoms. The molecule has 3 aromatic rings. The molecule has 0 radical (unpaired) electrons. The zero-order valence-electron chi connectivity index (χ0n) is 11.9. The van der Waals surface area contributed by atoms with Gasteiger partial charge in [-0.15, -0.1) is 0 Å². The van der Waals surface area contributed by atoms with E-state index < -0.39 is 0 Å². The zero-order valence-corrected chi connectivity index (χ0v) is 11.9. The van der Waals surface area contributed by atoms with Crippen molar-refractivity contribution in [2.45, 2.75) is 13.8 Å². The molecular formula is C20H18. The van der Waals surface area contributed by atoms with Gasteiger partial charge in [-0.25, -0.2) is 0 Å². The molecule has 3 rings (SSSR count). The number of hydrogen-bond donors (Lipinski definition) is 0. The molecule has 0 aliphatic heterocycles. The van der Waals surface area contributed by atoms with Crippen molar-refractivity contribution < 1.29 is 0 Å². The van der Waals surface area contributed by atoms with E-state index in [1.54, 1.807) is 0 Å². The van der Waals surface area contributed by atoms with E-state index in [4.69, 9.17) is 0 Å².